The molecule has 0 bridgehead atoms. The minimum absolute atomic E-state index is 0.0822. The van der Waals surface area contributed by atoms with E-state index in [1.165, 1.54) is 12.3 Å². The lowest BCUT2D eigenvalue weighted by atomic mass is 10.4. The van der Waals surface area contributed by atoms with Crippen LogP contribution in [0.15, 0.2) is 17.2 Å². The minimum atomic E-state index is -3.48. The summed E-state index contributed by atoms with van der Waals surface area (Å²) in [4.78, 5) is 14.1. The zero-order valence-corrected chi connectivity index (χ0v) is 9.88. The molecule has 0 radical (unpaired) electrons. The first-order valence-electron chi connectivity index (χ1n) is 4.07. The Labute approximate surface area is 97.3 Å². The maximum Gasteiger partial charge on any atom is 0.404 e. The Morgan fingerprint density at radius 1 is 1.62 bits per heavy atom. The molecular formula is C8H9ClN2O4S. The Bertz CT molecular complexity index is 515. The van der Waals surface area contributed by atoms with E-state index >= 15 is 0 Å². The third kappa shape index (κ3) is 3.35. The summed E-state index contributed by atoms with van der Waals surface area (Å²) in [5.41, 5.74) is 4.85. The van der Waals surface area contributed by atoms with Gasteiger partial charge in [0.2, 0.25) is 0 Å². The van der Waals surface area contributed by atoms with E-state index in [9.17, 15) is 13.2 Å². The summed E-state index contributed by atoms with van der Waals surface area (Å²) in [5, 5.41) is 0.184. The average Bonchev–Trinajstić information content (AvgIpc) is 2.14. The summed E-state index contributed by atoms with van der Waals surface area (Å²) >= 11 is 5.63. The number of nitrogens with zero attached hydrogens (tertiary/aromatic N) is 1. The number of hydrogen-bond donors (Lipinski definition) is 1. The first kappa shape index (κ1) is 12.7. The second kappa shape index (κ2) is 4.67. The summed E-state index contributed by atoms with van der Waals surface area (Å²) in [7, 11) is -3.48. The van der Waals surface area contributed by atoms with Gasteiger partial charge in [0.15, 0.2) is 9.84 Å². The van der Waals surface area contributed by atoms with E-state index in [0.29, 0.717) is 0 Å². The van der Waals surface area contributed by atoms with Gasteiger partial charge >= 0.3 is 6.09 Å². The second-order valence-electron chi connectivity index (χ2n) is 2.98. The number of primary amides is 1. The molecule has 1 aromatic rings. The zero-order chi connectivity index (χ0) is 12.3. The lowest BCUT2D eigenvalue weighted by molar-refractivity contribution is 0.148. The van der Waals surface area contributed by atoms with Gasteiger partial charge in [-0.1, -0.05) is 11.6 Å². The van der Waals surface area contributed by atoms with E-state index in [-0.39, 0.29) is 22.2 Å². The van der Waals surface area contributed by atoms with Gasteiger partial charge in [0, 0.05) is 12.5 Å². The molecule has 1 amide bonds. The average molecular weight is 265 g/mol. The predicted octanol–water partition coefficient (Wildman–Crippen LogP) is 0.734. The summed E-state index contributed by atoms with van der Waals surface area (Å²) in [6.07, 6.45) is 1.26. The van der Waals surface area contributed by atoms with Crippen LogP contribution in [0.5, 0.6) is 0 Å². The summed E-state index contributed by atoms with van der Waals surface area (Å²) in [6, 6.07) is 1.24. The zero-order valence-electron chi connectivity index (χ0n) is 8.31. The molecule has 1 aromatic heterocycles. The highest BCUT2D eigenvalue weighted by molar-refractivity contribution is 7.90. The van der Waals surface area contributed by atoms with Gasteiger partial charge in [-0.05, 0) is 6.07 Å². The number of ether oxygens (including phenoxy) is 1. The molecule has 1 rings (SSSR count). The highest BCUT2D eigenvalue weighted by Gasteiger charge is 2.16. The fraction of sp³-hybridized carbons (Fsp3) is 0.250. The van der Waals surface area contributed by atoms with Crippen molar-refractivity contribution in [1.82, 2.24) is 4.98 Å². The standard InChI is InChI=1S/C8H9ClN2O4S/c1-16(13,14)7-2-5(9)3-11-6(7)4-15-8(10)12/h2-3H,4H2,1H3,(H2,10,12). The molecule has 0 aliphatic heterocycles. The number of nitrogens with two attached hydrogens (primary N) is 1. The Balaban J connectivity index is 3.13. The van der Waals surface area contributed by atoms with Crippen LogP contribution in [0.3, 0.4) is 0 Å². The summed E-state index contributed by atoms with van der Waals surface area (Å²) in [6.45, 7) is -0.311. The topological polar surface area (TPSA) is 99.3 Å². The van der Waals surface area contributed by atoms with Gasteiger partial charge in [0.1, 0.15) is 6.61 Å². The van der Waals surface area contributed by atoms with Gasteiger partial charge in [0.25, 0.3) is 0 Å². The van der Waals surface area contributed by atoms with Gasteiger partial charge in [-0.25, -0.2) is 13.2 Å². The molecule has 0 spiro atoms. The Hall–Kier alpha value is -1.34. The van der Waals surface area contributed by atoms with E-state index < -0.39 is 15.9 Å². The van der Waals surface area contributed by atoms with Crippen LogP contribution >= 0.6 is 11.6 Å². The van der Waals surface area contributed by atoms with E-state index in [0.717, 1.165) is 6.26 Å². The first-order chi connectivity index (χ1) is 7.30. The van der Waals surface area contributed by atoms with Crippen molar-refractivity contribution < 1.29 is 17.9 Å². The van der Waals surface area contributed by atoms with E-state index in [1.54, 1.807) is 0 Å². The van der Waals surface area contributed by atoms with Crippen molar-refractivity contribution in [2.75, 3.05) is 6.26 Å². The maximum atomic E-state index is 11.4. The van der Waals surface area contributed by atoms with Crippen molar-refractivity contribution in [2.45, 2.75) is 11.5 Å². The maximum absolute atomic E-state index is 11.4. The minimum Gasteiger partial charge on any atom is -0.443 e. The number of carbonyl (C=O) groups excluding carboxylic acids is 1. The molecule has 0 fully saturated rings. The van der Waals surface area contributed by atoms with Crippen molar-refractivity contribution in [3.05, 3.63) is 23.0 Å². The molecule has 0 unspecified atom stereocenters. The molecule has 16 heavy (non-hydrogen) atoms. The third-order valence-corrected chi connectivity index (χ3v) is 3.01. The number of sulfone groups is 1. The summed E-state index contributed by atoms with van der Waals surface area (Å²) in [5.74, 6) is 0. The molecule has 0 aromatic carbocycles. The Kier molecular flexibility index (Phi) is 3.71. The van der Waals surface area contributed by atoms with Crippen molar-refractivity contribution >= 4 is 27.5 Å². The number of halogens is 1. The Morgan fingerprint density at radius 2 is 2.25 bits per heavy atom. The van der Waals surface area contributed by atoms with Crippen LogP contribution in [0.2, 0.25) is 5.02 Å². The van der Waals surface area contributed by atoms with Crippen LogP contribution in [0, 0.1) is 0 Å². The second-order valence-corrected chi connectivity index (χ2v) is 5.40. The highest BCUT2D eigenvalue weighted by atomic mass is 35.5. The summed E-state index contributed by atoms with van der Waals surface area (Å²) < 4.78 is 27.2. The molecule has 8 heteroatoms. The van der Waals surface area contributed by atoms with Crippen molar-refractivity contribution in [3.63, 3.8) is 0 Å². The van der Waals surface area contributed by atoms with Gasteiger partial charge in [-0.2, -0.15) is 0 Å². The molecule has 6 nitrogen and oxygen atoms in total. The quantitative estimate of drug-likeness (QED) is 0.868. The van der Waals surface area contributed by atoms with Crippen LogP contribution < -0.4 is 5.73 Å². The number of hydrogen-bond acceptors (Lipinski definition) is 5. The SMILES string of the molecule is CS(=O)(=O)c1cc(Cl)cnc1COC(N)=O. The van der Waals surface area contributed by atoms with Gasteiger partial charge in [0.05, 0.1) is 15.6 Å². The molecule has 2 N–H and O–H groups in total. The first-order valence-corrected chi connectivity index (χ1v) is 6.34. The number of pyridine rings is 1. The lowest BCUT2D eigenvalue weighted by Gasteiger charge is -2.06. The van der Waals surface area contributed by atoms with Gasteiger partial charge < -0.3 is 10.5 Å². The lowest BCUT2D eigenvalue weighted by Crippen LogP contribution is -2.15. The van der Waals surface area contributed by atoms with E-state index in [1.807, 2.05) is 0 Å². The molecule has 0 atom stereocenters. The van der Waals surface area contributed by atoms with Crippen LogP contribution in [0.1, 0.15) is 5.69 Å². The van der Waals surface area contributed by atoms with Crippen molar-refractivity contribution in [1.29, 1.82) is 0 Å². The monoisotopic (exact) mass is 264 g/mol. The molecule has 0 aliphatic rings. The fourth-order valence-electron chi connectivity index (χ4n) is 1.02. The van der Waals surface area contributed by atoms with Crippen LogP contribution in [-0.2, 0) is 21.2 Å². The largest absolute Gasteiger partial charge is 0.443 e. The van der Waals surface area contributed by atoms with Gasteiger partial charge in [-0.3, -0.25) is 4.98 Å². The van der Waals surface area contributed by atoms with E-state index in [4.69, 9.17) is 17.3 Å². The number of aromatic nitrogens is 1. The number of carbonyl (C=O) groups is 1. The highest BCUT2D eigenvalue weighted by Crippen LogP contribution is 2.19. The number of rotatable bonds is 3. The smallest absolute Gasteiger partial charge is 0.404 e. The Morgan fingerprint density at radius 3 is 2.75 bits per heavy atom. The van der Waals surface area contributed by atoms with Crippen LogP contribution in [-0.4, -0.2) is 25.8 Å². The van der Waals surface area contributed by atoms with Crippen LogP contribution in [0.25, 0.3) is 0 Å². The molecule has 88 valence electrons. The molecule has 1 heterocycles. The molecule has 0 aliphatic carbocycles. The fourth-order valence-corrected chi connectivity index (χ4v) is 2.12. The number of amides is 1. The third-order valence-electron chi connectivity index (χ3n) is 1.65. The van der Waals surface area contributed by atoms with E-state index in [2.05, 4.69) is 9.72 Å². The van der Waals surface area contributed by atoms with Crippen molar-refractivity contribution in [3.8, 4) is 0 Å². The van der Waals surface area contributed by atoms with Crippen LogP contribution in [0.4, 0.5) is 4.79 Å². The normalized spacial score (nSPS) is 11.1. The predicted molar refractivity (Wildman–Crippen MR) is 56.7 cm³/mol. The van der Waals surface area contributed by atoms with Gasteiger partial charge in [-0.15, -0.1) is 0 Å². The molecule has 0 saturated carbocycles. The molecular weight excluding hydrogens is 256 g/mol. The molecule has 0 saturated heterocycles. The van der Waals surface area contributed by atoms with Crippen molar-refractivity contribution in [2.24, 2.45) is 5.73 Å².